The van der Waals surface area contributed by atoms with Gasteiger partial charge in [-0.3, -0.25) is 4.90 Å². The highest BCUT2D eigenvalue weighted by molar-refractivity contribution is 5.83. The Morgan fingerprint density at radius 2 is 1.96 bits per heavy atom. The Bertz CT molecular complexity index is 772. The summed E-state index contributed by atoms with van der Waals surface area (Å²) in [5.41, 5.74) is 3.66. The van der Waals surface area contributed by atoms with Gasteiger partial charge in [-0.1, -0.05) is 13.0 Å². The predicted octanol–water partition coefficient (Wildman–Crippen LogP) is 3.39. The van der Waals surface area contributed by atoms with Gasteiger partial charge in [0.1, 0.15) is 5.58 Å². The summed E-state index contributed by atoms with van der Waals surface area (Å²) in [7, 11) is 0. The van der Waals surface area contributed by atoms with Gasteiger partial charge in [0.2, 0.25) is 0 Å². The van der Waals surface area contributed by atoms with Gasteiger partial charge in [-0.25, -0.2) is 4.79 Å². The van der Waals surface area contributed by atoms with Crippen molar-refractivity contribution in [2.75, 3.05) is 13.1 Å². The number of benzene rings is 1. The third kappa shape index (κ3) is 3.55. The van der Waals surface area contributed by atoms with E-state index in [0.717, 1.165) is 55.4 Å². The molecule has 0 radical (unpaired) electrons. The fourth-order valence-corrected chi connectivity index (χ4v) is 3.88. The fourth-order valence-electron chi connectivity index (χ4n) is 3.88. The number of aliphatic hydroxyl groups is 1. The van der Waals surface area contributed by atoms with Crippen molar-refractivity contribution in [3.63, 3.8) is 0 Å². The molecule has 1 aliphatic rings. The lowest BCUT2D eigenvalue weighted by atomic mass is 9.90. The Hall–Kier alpha value is -1.65. The summed E-state index contributed by atoms with van der Waals surface area (Å²) in [4.78, 5) is 14.3. The van der Waals surface area contributed by atoms with Gasteiger partial charge in [0, 0.05) is 18.0 Å². The van der Waals surface area contributed by atoms with E-state index in [-0.39, 0.29) is 11.7 Å². The molecular formula is C20H27NO3. The van der Waals surface area contributed by atoms with Crippen molar-refractivity contribution in [3.05, 3.63) is 45.3 Å². The smallest absolute Gasteiger partial charge is 0.336 e. The van der Waals surface area contributed by atoms with Crippen LogP contribution in [-0.4, -0.2) is 29.2 Å². The van der Waals surface area contributed by atoms with E-state index in [1.54, 1.807) is 6.07 Å². The lowest BCUT2D eigenvalue weighted by Crippen LogP contribution is -2.37. The molecule has 2 aromatic rings. The molecule has 0 saturated carbocycles. The zero-order valence-electron chi connectivity index (χ0n) is 14.8. The number of nitrogens with zero attached hydrogens (tertiary/aromatic N) is 1. The largest absolute Gasteiger partial charge is 0.422 e. The van der Waals surface area contributed by atoms with Gasteiger partial charge >= 0.3 is 5.63 Å². The minimum absolute atomic E-state index is 0.179. The van der Waals surface area contributed by atoms with Crippen LogP contribution in [0.15, 0.2) is 27.4 Å². The van der Waals surface area contributed by atoms with Crippen molar-refractivity contribution in [1.82, 2.24) is 4.90 Å². The molecule has 3 rings (SSSR count). The molecule has 2 heterocycles. The van der Waals surface area contributed by atoms with Crippen molar-refractivity contribution in [1.29, 1.82) is 0 Å². The van der Waals surface area contributed by atoms with Crippen LogP contribution < -0.4 is 5.63 Å². The Kier molecular flexibility index (Phi) is 5.07. The quantitative estimate of drug-likeness (QED) is 0.874. The first-order valence-electron chi connectivity index (χ1n) is 8.92. The first-order chi connectivity index (χ1) is 11.5. The molecule has 1 fully saturated rings. The zero-order valence-corrected chi connectivity index (χ0v) is 14.8. The molecule has 1 N–H and O–H groups in total. The highest BCUT2D eigenvalue weighted by Crippen LogP contribution is 2.27. The first-order valence-corrected chi connectivity index (χ1v) is 8.92. The van der Waals surface area contributed by atoms with E-state index in [2.05, 4.69) is 17.9 Å². The predicted molar refractivity (Wildman–Crippen MR) is 96.3 cm³/mol. The summed E-state index contributed by atoms with van der Waals surface area (Å²) < 4.78 is 5.43. The third-order valence-electron chi connectivity index (χ3n) is 5.25. The molecule has 0 spiro atoms. The molecular weight excluding hydrogens is 302 g/mol. The maximum Gasteiger partial charge on any atom is 0.336 e. The maximum atomic E-state index is 11.9. The Morgan fingerprint density at radius 1 is 1.25 bits per heavy atom. The summed E-state index contributed by atoms with van der Waals surface area (Å²) in [6.07, 6.45) is 2.69. The van der Waals surface area contributed by atoms with Gasteiger partial charge in [-0.15, -0.1) is 0 Å². The second kappa shape index (κ2) is 7.08. The third-order valence-corrected chi connectivity index (χ3v) is 5.25. The molecule has 1 aromatic carbocycles. The molecule has 4 heteroatoms. The minimum atomic E-state index is -0.277. The summed E-state index contributed by atoms with van der Waals surface area (Å²) in [6, 6.07) is 5.79. The molecule has 1 aliphatic heterocycles. The lowest BCUT2D eigenvalue weighted by Gasteiger charge is -2.34. The van der Waals surface area contributed by atoms with Crippen LogP contribution in [0.5, 0.6) is 0 Å². The minimum Gasteiger partial charge on any atom is -0.422 e. The molecule has 0 amide bonds. The number of aliphatic hydroxyl groups excluding tert-OH is 1. The Balaban J connectivity index is 1.82. The lowest BCUT2D eigenvalue weighted by molar-refractivity contribution is 0.0550. The van der Waals surface area contributed by atoms with Crippen LogP contribution in [-0.2, 0) is 6.54 Å². The molecule has 1 saturated heterocycles. The fraction of sp³-hybridized carbons (Fsp3) is 0.550. The monoisotopic (exact) mass is 329 g/mol. The topological polar surface area (TPSA) is 53.7 Å². The number of piperidine rings is 1. The van der Waals surface area contributed by atoms with E-state index in [9.17, 15) is 9.90 Å². The van der Waals surface area contributed by atoms with Gasteiger partial charge in [0.05, 0.1) is 6.10 Å². The molecule has 0 aliphatic carbocycles. The van der Waals surface area contributed by atoms with Crippen molar-refractivity contribution in [3.8, 4) is 0 Å². The van der Waals surface area contributed by atoms with Crippen LogP contribution in [0.4, 0.5) is 0 Å². The zero-order chi connectivity index (χ0) is 17.3. The second-order valence-electron chi connectivity index (χ2n) is 7.14. The van der Waals surface area contributed by atoms with Crippen molar-refractivity contribution >= 4 is 11.0 Å². The summed E-state index contributed by atoms with van der Waals surface area (Å²) in [5.74, 6) is 0.410. The summed E-state index contributed by atoms with van der Waals surface area (Å²) >= 11 is 0. The summed E-state index contributed by atoms with van der Waals surface area (Å²) in [5, 5.41) is 11.1. The first kappa shape index (κ1) is 17.2. The van der Waals surface area contributed by atoms with Gasteiger partial charge in [0.25, 0.3) is 0 Å². The number of hydrogen-bond donors (Lipinski definition) is 1. The average molecular weight is 329 g/mol. The Morgan fingerprint density at radius 3 is 2.62 bits per heavy atom. The van der Waals surface area contributed by atoms with Gasteiger partial charge < -0.3 is 9.52 Å². The molecule has 0 bridgehead atoms. The van der Waals surface area contributed by atoms with E-state index >= 15 is 0 Å². The number of hydrogen-bond acceptors (Lipinski definition) is 4. The average Bonchev–Trinajstić information content (AvgIpc) is 2.56. The van der Waals surface area contributed by atoms with Gasteiger partial charge in [-0.2, -0.15) is 0 Å². The van der Waals surface area contributed by atoms with E-state index in [4.69, 9.17) is 4.42 Å². The van der Waals surface area contributed by atoms with Crippen LogP contribution in [0, 0.1) is 19.8 Å². The molecule has 1 atom stereocenters. The standard InChI is InChI=1S/C20H27NO3/c1-4-18(22)15-5-7-21(8-6-15)12-16-11-19(23)24-20-14(3)9-13(2)10-17(16)20/h9-11,15,18,22H,4-8,12H2,1-3H3. The van der Waals surface area contributed by atoms with Crippen molar-refractivity contribution < 1.29 is 9.52 Å². The van der Waals surface area contributed by atoms with E-state index < -0.39 is 0 Å². The molecule has 4 nitrogen and oxygen atoms in total. The Labute approximate surface area is 143 Å². The SMILES string of the molecule is CCC(O)C1CCN(Cc2cc(=O)oc3c(C)cc(C)cc23)CC1. The van der Waals surface area contributed by atoms with Crippen molar-refractivity contribution in [2.24, 2.45) is 5.92 Å². The van der Waals surface area contributed by atoms with Crippen LogP contribution >= 0.6 is 0 Å². The van der Waals surface area contributed by atoms with E-state index in [1.807, 2.05) is 19.9 Å². The number of fused-ring (bicyclic) bond motifs is 1. The van der Waals surface area contributed by atoms with Crippen LogP contribution in [0.1, 0.15) is 42.9 Å². The molecule has 1 aromatic heterocycles. The molecule has 130 valence electrons. The number of rotatable bonds is 4. The highest BCUT2D eigenvalue weighted by Gasteiger charge is 2.24. The second-order valence-corrected chi connectivity index (χ2v) is 7.14. The van der Waals surface area contributed by atoms with Gasteiger partial charge in [0.15, 0.2) is 0 Å². The molecule has 1 unspecified atom stereocenters. The van der Waals surface area contributed by atoms with E-state index in [1.165, 1.54) is 5.56 Å². The molecule has 24 heavy (non-hydrogen) atoms. The van der Waals surface area contributed by atoms with Crippen LogP contribution in [0.25, 0.3) is 11.0 Å². The summed E-state index contributed by atoms with van der Waals surface area (Å²) in [6.45, 7) is 8.79. The van der Waals surface area contributed by atoms with Crippen molar-refractivity contribution in [2.45, 2.75) is 52.7 Å². The normalized spacial score (nSPS) is 18.2. The van der Waals surface area contributed by atoms with Crippen LogP contribution in [0.3, 0.4) is 0 Å². The number of aryl methyl sites for hydroxylation is 2. The number of likely N-dealkylation sites (tertiary alicyclic amines) is 1. The maximum absolute atomic E-state index is 11.9. The van der Waals surface area contributed by atoms with Crippen LogP contribution in [0.2, 0.25) is 0 Å². The highest BCUT2D eigenvalue weighted by atomic mass is 16.4. The van der Waals surface area contributed by atoms with Gasteiger partial charge in [-0.05, 0) is 74.9 Å². The van der Waals surface area contributed by atoms with E-state index in [0.29, 0.717) is 11.5 Å².